The monoisotopic (exact) mass is 453 g/mol. The minimum Gasteiger partial charge on any atom is -0.368 e. The number of carbonyl (C=O) groups excluding carboxylic acids is 1. The highest BCUT2D eigenvalue weighted by Gasteiger charge is 2.23. The Balaban J connectivity index is 1.39. The van der Waals surface area contributed by atoms with Crippen molar-refractivity contribution in [2.75, 3.05) is 35.8 Å². The first-order valence-corrected chi connectivity index (χ1v) is 11.8. The second-order valence-corrected chi connectivity index (χ2v) is 9.44. The molecule has 1 saturated heterocycles. The maximum atomic E-state index is 13.0. The van der Waals surface area contributed by atoms with Crippen LogP contribution in [0.1, 0.15) is 15.9 Å². The zero-order valence-corrected chi connectivity index (χ0v) is 18.5. The Bertz CT molecular complexity index is 1200. The Hall–Kier alpha value is -3.39. The number of nitrogens with one attached hydrogen (secondary N) is 1. The molecule has 0 atom stereocenters. The van der Waals surface area contributed by atoms with Crippen molar-refractivity contribution >= 4 is 27.3 Å². The molecule has 1 aliphatic rings. The van der Waals surface area contributed by atoms with Crippen LogP contribution in [0.15, 0.2) is 77.7 Å². The van der Waals surface area contributed by atoms with E-state index < -0.39 is 15.8 Å². The Morgan fingerprint density at radius 3 is 2.19 bits per heavy atom. The molecule has 6 nitrogen and oxygen atoms in total. The molecule has 0 bridgehead atoms. The largest absolute Gasteiger partial charge is 0.368 e. The van der Waals surface area contributed by atoms with E-state index in [9.17, 15) is 17.6 Å². The van der Waals surface area contributed by atoms with Gasteiger partial charge in [-0.05, 0) is 73.2 Å². The van der Waals surface area contributed by atoms with Gasteiger partial charge in [0.2, 0.25) is 0 Å². The number of aryl methyl sites for hydroxylation is 1. The minimum absolute atomic E-state index is 0.0302. The van der Waals surface area contributed by atoms with Crippen LogP contribution in [0.25, 0.3) is 0 Å². The maximum Gasteiger partial charge on any atom is 0.261 e. The highest BCUT2D eigenvalue weighted by molar-refractivity contribution is 7.92. The van der Waals surface area contributed by atoms with E-state index >= 15 is 0 Å². The quantitative estimate of drug-likeness (QED) is 0.636. The number of rotatable bonds is 5. The molecule has 1 aliphatic heterocycles. The van der Waals surface area contributed by atoms with E-state index in [2.05, 4.69) is 34.7 Å². The highest BCUT2D eigenvalue weighted by atomic mass is 32.2. The van der Waals surface area contributed by atoms with Gasteiger partial charge in [-0.1, -0.05) is 12.1 Å². The van der Waals surface area contributed by atoms with E-state index in [1.807, 2.05) is 6.07 Å². The predicted molar refractivity (Wildman–Crippen MR) is 123 cm³/mol. The van der Waals surface area contributed by atoms with Gasteiger partial charge >= 0.3 is 0 Å². The lowest BCUT2D eigenvalue weighted by Gasteiger charge is -2.36. The molecule has 0 spiro atoms. The average molecular weight is 454 g/mol. The van der Waals surface area contributed by atoms with E-state index in [-0.39, 0.29) is 16.5 Å². The summed E-state index contributed by atoms with van der Waals surface area (Å²) in [7, 11) is -3.84. The topological polar surface area (TPSA) is 69.7 Å². The molecular formula is C24H24FN3O3S. The van der Waals surface area contributed by atoms with E-state index in [1.165, 1.54) is 54.1 Å². The second-order valence-electron chi connectivity index (χ2n) is 7.76. The summed E-state index contributed by atoms with van der Waals surface area (Å²) in [6, 6.07) is 19.2. The van der Waals surface area contributed by atoms with Crippen LogP contribution in [0.2, 0.25) is 0 Å². The third-order valence-corrected chi connectivity index (χ3v) is 6.84. The van der Waals surface area contributed by atoms with Crippen molar-refractivity contribution in [2.45, 2.75) is 11.8 Å². The molecule has 1 fully saturated rings. The van der Waals surface area contributed by atoms with Crippen molar-refractivity contribution in [3.05, 3.63) is 89.7 Å². The summed E-state index contributed by atoms with van der Waals surface area (Å²) in [5, 5.41) is 0. The number of amides is 1. The Morgan fingerprint density at radius 2 is 1.56 bits per heavy atom. The fraction of sp³-hybridized carbons (Fsp3) is 0.208. The van der Waals surface area contributed by atoms with Crippen LogP contribution in [-0.2, 0) is 10.0 Å². The van der Waals surface area contributed by atoms with Crippen LogP contribution >= 0.6 is 0 Å². The Morgan fingerprint density at radius 1 is 0.906 bits per heavy atom. The molecule has 4 rings (SSSR count). The summed E-state index contributed by atoms with van der Waals surface area (Å²) >= 11 is 0. The normalized spacial score (nSPS) is 14.3. The summed E-state index contributed by atoms with van der Waals surface area (Å²) in [4.78, 5) is 17.0. The van der Waals surface area contributed by atoms with Crippen LogP contribution in [0, 0.1) is 12.7 Å². The molecule has 3 aromatic rings. The molecule has 0 radical (unpaired) electrons. The summed E-state index contributed by atoms with van der Waals surface area (Å²) in [6.45, 7) is 4.73. The van der Waals surface area contributed by atoms with Gasteiger partial charge in [0, 0.05) is 43.1 Å². The van der Waals surface area contributed by atoms with Crippen molar-refractivity contribution in [3.8, 4) is 0 Å². The summed E-state index contributed by atoms with van der Waals surface area (Å²) < 4.78 is 40.5. The first kappa shape index (κ1) is 21.8. The number of halogens is 1. The minimum atomic E-state index is -3.84. The lowest BCUT2D eigenvalue weighted by atomic mass is 10.1. The molecule has 8 heteroatoms. The Labute approximate surface area is 187 Å². The van der Waals surface area contributed by atoms with Gasteiger partial charge in [0.15, 0.2) is 0 Å². The highest BCUT2D eigenvalue weighted by Crippen LogP contribution is 2.20. The molecule has 0 saturated carbocycles. The van der Waals surface area contributed by atoms with Gasteiger partial charge in [-0.2, -0.15) is 0 Å². The van der Waals surface area contributed by atoms with Gasteiger partial charge in [0.1, 0.15) is 5.82 Å². The molecule has 1 heterocycles. The van der Waals surface area contributed by atoms with Crippen LogP contribution in [0.4, 0.5) is 15.8 Å². The first-order valence-electron chi connectivity index (χ1n) is 10.3. The van der Waals surface area contributed by atoms with Gasteiger partial charge in [-0.3, -0.25) is 9.52 Å². The maximum absolute atomic E-state index is 13.0. The van der Waals surface area contributed by atoms with Crippen LogP contribution < -0.4 is 9.62 Å². The molecule has 0 aliphatic carbocycles. The SMILES string of the molecule is Cc1cccc(N2CCN(C(=O)c3ccc(S(=O)(=O)Nc4ccc(F)cc4)cc3)CC2)c1. The van der Waals surface area contributed by atoms with E-state index in [0.717, 1.165) is 18.8 Å². The van der Waals surface area contributed by atoms with Crippen molar-refractivity contribution in [1.29, 1.82) is 0 Å². The first-order chi connectivity index (χ1) is 15.3. The fourth-order valence-corrected chi connectivity index (χ4v) is 4.74. The van der Waals surface area contributed by atoms with Gasteiger partial charge in [0.25, 0.3) is 15.9 Å². The number of piperazine rings is 1. The number of hydrogen-bond acceptors (Lipinski definition) is 4. The van der Waals surface area contributed by atoms with E-state index in [4.69, 9.17) is 0 Å². The van der Waals surface area contributed by atoms with Crippen LogP contribution in [-0.4, -0.2) is 45.4 Å². The lowest BCUT2D eigenvalue weighted by molar-refractivity contribution is 0.0746. The summed E-state index contributed by atoms with van der Waals surface area (Å²) in [5.74, 6) is -0.570. The van der Waals surface area contributed by atoms with Gasteiger partial charge in [-0.25, -0.2) is 12.8 Å². The number of nitrogens with zero attached hydrogens (tertiary/aromatic N) is 2. The Kier molecular flexibility index (Phi) is 6.14. The molecule has 0 unspecified atom stereocenters. The second kappa shape index (κ2) is 9.00. The molecule has 32 heavy (non-hydrogen) atoms. The van der Waals surface area contributed by atoms with Gasteiger partial charge in [0.05, 0.1) is 4.90 Å². The smallest absolute Gasteiger partial charge is 0.261 e. The van der Waals surface area contributed by atoms with Gasteiger partial charge < -0.3 is 9.80 Å². The third-order valence-electron chi connectivity index (χ3n) is 5.44. The summed E-state index contributed by atoms with van der Waals surface area (Å²) in [6.07, 6.45) is 0. The molecule has 1 N–H and O–H groups in total. The number of carbonyl (C=O) groups is 1. The average Bonchev–Trinajstić information content (AvgIpc) is 2.80. The molecule has 166 valence electrons. The number of hydrogen-bond donors (Lipinski definition) is 1. The standard InChI is InChI=1S/C24H24FN3O3S/c1-18-3-2-4-22(17-18)27-13-15-28(16-14-27)24(29)19-5-11-23(12-6-19)32(30,31)26-21-9-7-20(25)8-10-21/h2-12,17,26H,13-16H2,1H3. The van der Waals surface area contributed by atoms with Crippen molar-refractivity contribution in [2.24, 2.45) is 0 Å². The molecule has 0 aromatic heterocycles. The van der Waals surface area contributed by atoms with Crippen LogP contribution in [0.3, 0.4) is 0 Å². The van der Waals surface area contributed by atoms with Crippen LogP contribution in [0.5, 0.6) is 0 Å². The fourth-order valence-electron chi connectivity index (χ4n) is 3.68. The van der Waals surface area contributed by atoms with Gasteiger partial charge in [-0.15, -0.1) is 0 Å². The zero-order chi connectivity index (χ0) is 22.7. The van der Waals surface area contributed by atoms with Crippen molar-refractivity contribution in [3.63, 3.8) is 0 Å². The van der Waals surface area contributed by atoms with Crippen molar-refractivity contribution in [1.82, 2.24) is 4.90 Å². The lowest BCUT2D eigenvalue weighted by Crippen LogP contribution is -2.48. The number of sulfonamides is 1. The van der Waals surface area contributed by atoms with Crippen molar-refractivity contribution < 1.29 is 17.6 Å². The third kappa shape index (κ3) is 4.91. The van der Waals surface area contributed by atoms with E-state index in [1.54, 1.807) is 4.90 Å². The zero-order valence-electron chi connectivity index (χ0n) is 17.7. The van der Waals surface area contributed by atoms with E-state index in [0.29, 0.717) is 18.7 Å². The number of benzene rings is 3. The number of anilines is 2. The molecule has 3 aromatic carbocycles. The predicted octanol–water partition coefficient (Wildman–Crippen LogP) is 3.90. The molecule has 1 amide bonds. The summed E-state index contributed by atoms with van der Waals surface area (Å²) in [5.41, 5.74) is 3.05. The molecular weight excluding hydrogens is 429 g/mol.